The highest BCUT2D eigenvalue weighted by Crippen LogP contribution is 2.23. The molecule has 166 valence electrons. The molecule has 0 spiro atoms. The smallest absolute Gasteiger partial charge is 0.338 e. The van der Waals surface area contributed by atoms with E-state index in [0.717, 1.165) is 30.2 Å². The Morgan fingerprint density at radius 1 is 1.26 bits per heavy atom. The molecule has 2 heterocycles. The number of ether oxygens (including phenoxy) is 2. The lowest BCUT2D eigenvalue weighted by Crippen LogP contribution is -2.33. The van der Waals surface area contributed by atoms with E-state index >= 15 is 0 Å². The van der Waals surface area contributed by atoms with E-state index in [1.54, 1.807) is 17.5 Å². The molecule has 2 aromatic rings. The minimum atomic E-state index is -4.00. The van der Waals surface area contributed by atoms with Crippen LogP contribution < -0.4 is 10.0 Å². The Bertz CT molecular complexity index is 1060. The molecule has 1 unspecified atom stereocenters. The predicted octanol–water partition coefficient (Wildman–Crippen LogP) is 1.97. The van der Waals surface area contributed by atoms with E-state index in [4.69, 9.17) is 21.1 Å². The zero-order valence-electron chi connectivity index (χ0n) is 16.1. The maximum atomic E-state index is 12.6. The molecule has 9 nitrogen and oxygen atoms in total. The summed E-state index contributed by atoms with van der Waals surface area (Å²) in [6.07, 6.45) is 1.40. The fourth-order valence-corrected chi connectivity index (χ4v) is 4.98. The van der Waals surface area contributed by atoms with Gasteiger partial charge in [-0.15, -0.1) is 11.3 Å². The zero-order valence-corrected chi connectivity index (χ0v) is 18.5. The maximum Gasteiger partial charge on any atom is 0.338 e. The fourth-order valence-electron chi connectivity index (χ4n) is 2.77. The number of esters is 1. The van der Waals surface area contributed by atoms with E-state index in [1.807, 2.05) is 0 Å². The van der Waals surface area contributed by atoms with Gasteiger partial charge in [-0.2, -0.15) is 0 Å². The van der Waals surface area contributed by atoms with E-state index in [1.165, 1.54) is 12.1 Å². The number of sulfonamides is 1. The summed E-state index contributed by atoms with van der Waals surface area (Å²) in [6.45, 7) is -0.0370. The second-order valence-electron chi connectivity index (χ2n) is 6.56. The van der Waals surface area contributed by atoms with Gasteiger partial charge in [0.1, 0.15) is 4.90 Å². The normalized spacial score (nSPS) is 16.1. The largest absolute Gasteiger partial charge is 0.452 e. The first-order valence-corrected chi connectivity index (χ1v) is 12.0. The molecule has 1 aromatic heterocycles. The summed E-state index contributed by atoms with van der Waals surface area (Å²) in [6, 6.07) is 6.79. The highest BCUT2D eigenvalue weighted by atomic mass is 35.5. The topological polar surface area (TPSA) is 128 Å². The van der Waals surface area contributed by atoms with Crippen LogP contribution in [-0.2, 0) is 24.3 Å². The van der Waals surface area contributed by atoms with Crippen LogP contribution in [0, 0.1) is 0 Å². The molecule has 0 bridgehead atoms. The standard InChI is InChI=1S/C19H19ClN2O7S2/c20-14-6-5-12(9-16(14)31(26,27)21-10-13-3-1-7-28-13)19(25)29-11-17(23)22-18(24)15-4-2-8-30-15/h2,4-6,8-9,13,21H,1,3,7,10-11H2,(H,22,23,24). The van der Waals surface area contributed by atoms with Gasteiger partial charge in [-0.1, -0.05) is 17.7 Å². The minimum absolute atomic E-state index is 0.0734. The summed E-state index contributed by atoms with van der Waals surface area (Å²) in [5.41, 5.74) is -0.112. The van der Waals surface area contributed by atoms with Crippen molar-refractivity contribution in [3.8, 4) is 0 Å². The second kappa shape index (κ2) is 10.3. The molecular formula is C19H19ClN2O7S2. The lowest BCUT2D eigenvalue weighted by molar-refractivity contribution is -0.123. The number of hydrogen-bond acceptors (Lipinski definition) is 8. The summed E-state index contributed by atoms with van der Waals surface area (Å²) in [5, 5.41) is 3.70. The Morgan fingerprint density at radius 3 is 2.74 bits per heavy atom. The highest BCUT2D eigenvalue weighted by molar-refractivity contribution is 7.89. The van der Waals surface area contributed by atoms with Gasteiger partial charge in [-0.3, -0.25) is 14.9 Å². The number of imide groups is 1. The van der Waals surface area contributed by atoms with Crippen molar-refractivity contribution < 1.29 is 32.3 Å². The number of amides is 2. The van der Waals surface area contributed by atoms with Gasteiger partial charge < -0.3 is 9.47 Å². The number of benzene rings is 1. The van der Waals surface area contributed by atoms with Crippen molar-refractivity contribution in [2.75, 3.05) is 19.8 Å². The first-order chi connectivity index (χ1) is 14.8. The van der Waals surface area contributed by atoms with Crippen LogP contribution in [0.25, 0.3) is 0 Å². The summed E-state index contributed by atoms with van der Waals surface area (Å²) >= 11 is 7.17. The summed E-state index contributed by atoms with van der Waals surface area (Å²) in [7, 11) is -4.00. The molecule has 31 heavy (non-hydrogen) atoms. The zero-order chi connectivity index (χ0) is 22.4. The van der Waals surface area contributed by atoms with E-state index in [-0.39, 0.29) is 28.1 Å². The average molecular weight is 487 g/mol. The SMILES string of the molecule is O=C(COC(=O)c1ccc(Cl)c(S(=O)(=O)NCC2CCCO2)c1)NC(=O)c1cccs1. The molecule has 2 N–H and O–H groups in total. The number of nitrogens with one attached hydrogen (secondary N) is 2. The third-order valence-electron chi connectivity index (χ3n) is 4.31. The Kier molecular flexibility index (Phi) is 7.79. The van der Waals surface area contributed by atoms with E-state index in [0.29, 0.717) is 11.5 Å². The van der Waals surface area contributed by atoms with Crippen molar-refractivity contribution in [1.29, 1.82) is 0 Å². The van der Waals surface area contributed by atoms with Crippen LogP contribution in [0.2, 0.25) is 5.02 Å². The third-order valence-corrected chi connectivity index (χ3v) is 7.09. The molecule has 2 amide bonds. The van der Waals surface area contributed by atoms with Crippen molar-refractivity contribution in [3.05, 3.63) is 51.2 Å². The maximum absolute atomic E-state index is 12.6. The fraction of sp³-hybridized carbons (Fsp3) is 0.316. The van der Waals surface area contributed by atoms with Crippen LogP contribution in [0.5, 0.6) is 0 Å². The van der Waals surface area contributed by atoms with E-state index in [2.05, 4.69) is 10.0 Å². The van der Waals surface area contributed by atoms with Gasteiger partial charge in [-0.05, 0) is 42.5 Å². The van der Waals surface area contributed by atoms with Crippen molar-refractivity contribution in [1.82, 2.24) is 10.0 Å². The van der Waals surface area contributed by atoms with Gasteiger partial charge in [0.05, 0.1) is 21.6 Å². The molecule has 3 rings (SSSR count). The first kappa shape index (κ1) is 23.4. The highest BCUT2D eigenvalue weighted by Gasteiger charge is 2.24. The molecule has 0 aliphatic carbocycles. The van der Waals surface area contributed by atoms with Crippen LogP contribution >= 0.6 is 22.9 Å². The number of rotatable bonds is 8. The molecule has 0 saturated carbocycles. The molecular weight excluding hydrogens is 468 g/mol. The molecule has 1 fully saturated rings. The van der Waals surface area contributed by atoms with Gasteiger partial charge in [0, 0.05) is 13.2 Å². The molecule has 1 aliphatic heterocycles. The Labute approximate surface area is 187 Å². The number of halogens is 1. The van der Waals surface area contributed by atoms with E-state index < -0.39 is 34.4 Å². The van der Waals surface area contributed by atoms with Crippen LogP contribution in [0.1, 0.15) is 32.9 Å². The Morgan fingerprint density at radius 2 is 2.06 bits per heavy atom. The van der Waals surface area contributed by atoms with Crippen LogP contribution in [0.15, 0.2) is 40.6 Å². The number of thiophene rings is 1. The summed E-state index contributed by atoms with van der Waals surface area (Å²) in [4.78, 5) is 36.0. The monoisotopic (exact) mass is 486 g/mol. The van der Waals surface area contributed by atoms with Crippen LogP contribution in [0.3, 0.4) is 0 Å². The number of carbonyl (C=O) groups excluding carboxylic acids is 3. The quantitative estimate of drug-likeness (QED) is 0.546. The minimum Gasteiger partial charge on any atom is -0.452 e. The van der Waals surface area contributed by atoms with Gasteiger partial charge >= 0.3 is 5.97 Å². The molecule has 0 radical (unpaired) electrons. The Balaban J connectivity index is 1.59. The van der Waals surface area contributed by atoms with Gasteiger partial charge in [0.15, 0.2) is 6.61 Å². The number of hydrogen-bond donors (Lipinski definition) is 2. The van der Waals surface area contributed by atoms with Crippen LogP contribution in [-0.4, -0.2) is 52.1 Å². The average Bonchev–Trinajstić information content (AvgIpc) is 3.45. The third kappa shape index (κ3) is 6.34. The summed E-state index contributed by atoms with van der Waals surface area (Å²) < 4.78 is 37.8. The lowest BCUT2D eigenvalue weighted by Gasteiger charge is -2.13. The van der Waals surface area contributed by atoms with Gasteiger partial charge in [0.2, 0.25) is 10.0 Å². The van der Waals surface area contributed by atoms with Crippen molar-refractivity contribution >= 4 is 50.7 Å². The molecule has 1 atom stereocenters. The number of carbonyl (C=O) groups is 3. The van der Waals surface area contributed by atoms with Crippen molar-refractivity contribution in [2.45, 2.75) is 23.8 Å². The van der Waals surface area contributed by atoms with Crippen LogP contribution in [0.4, 0.5) is 0 Å². The van der Waals surface area contributed by atoms with E-state index in [9.17, 15) is 22.8 Å². The molecule has 1 aliphatic rings. The van der Waals surface area contributed by atoms with Gasteiger partial charge in [-0.25, -0.2) is 17.9 Å². The Hall–Kier alpha value is -2.31. The first-order valence-electron chi connectivity index (χ1n) is 9.22. The molecule has 1 saturated heterocycles. The van der Waals surface area contributed by atoms with Crippen molar-refractivity contribution in [3.63, 3.8) is 0 Å². The predicted molar refractivity (Wildman–Crippen MR) is 113 cm³/mol. The lowest BCUT2D eigenvalue weighted by atomic mass is 10.2. The molecule has 12 heteroatoms. The summed E-state index contributed by atoms with van der Waals surface area (Å²) in [5.74, 6) is -2.36. The van der Waals surface area contributed by atoms with Gasteiger partial charge in [0.25, 0.3) is 11.8 Å². The molecule has 1 aromatic carbocycles. The van der Waals surface area contributed by atoms with Crippen molar-refractivity contribution in [2.24, 2.45) is 0 Å². The second-order valence-corrected chi connectivity index (χ2v) is 9.65.